The zero-order valence-electron chi connectivity index (χ0n) is 13.7. The number of carbonyl (C=O) groups is 2. The summed E-state index contributed by atoms with van der Waals surface area (Å²) in [5.74, 6) is 0.531. The first-order valence-corrected chi connectivity index (χ1v) is 8.49. The van der Waals surface area contributed by atoms with E-state index in [1.165, 1.54) is 0 Å². The monoisotopic (exact) mass is 316 g/mol. The van der Waals surface area contributed by atoms with Crippen LogP contribution in [0.1, 0.15) is 48.8 Å². The Bertz CT molecular complexity index is 584. The molecule has 6 nitrogen and oxygen atoms in total. The highest BCUT2D eigenvalue weighted by molar-refractivity contribution is 5.92. The van der Waals surface area contributed by atoms with Gasteiger partial charge in [-0.25, -0.2) is 4.98 Å². The number of nitrogens with zero attached hydrogens (tertiary/aromatic N) is 4. The highest BCUT2D eigenvalue weighted by Gasteiger charge is 2.24. The van der Waals surface area contributed by atoms with Crippen molar-refractivity contribution in [3.05, 3.63) is 23.8 Å². The lowest BCUT2D eigenvalue weighted by Crippen LogP contribution is -2.39. The van der Waals surface area contributed by atoms with Gasteiger partial charge >= 0.3 is 0 Å². The molecule has 1 aromatic heterocycles. The van der Waals surface area contributed by atoms with Gasteiger partial charge in [0.05, 0.1) is 11.9 Å². The second kappa shape index (κ2) is 7.06. The summed E-state index contributed by atoms with van der Waals surface area (Å²) in [6, 6.07) is 0. The van der Waals surface area contributed by atoms with Gasteiger partial charge in [0.25, 0.3) is 5.91 Å². The summed E-state index contributed by atoms with van der Waals surface area (Å²) in [6.45, 7) is 4.89. The van der Waals surface area contributed by atoms with E-state index in [9.17, 15) is 9.59 Å². The molecule has 0 radical (unpaired) electrons. The van der Waals surface area contributed by atoms with Gasteiger partial charge in [0.15, 0.2) is 0 Å². The highest BCUT2D eigenvalue weighted by atomic mass is 16.2. The molecule has 124 valence electrons. The van der Waals surface area contributed by atoms with Crippen molar-refractivity contribution in [2.24, 2.45) is 5.92 Å². The van der Waals surface area contributed by atoms with Crippen molar-refractivity contribution in [2.45, 2.75) is 39.0 Å². The lowest BCUT2D eigenvalue weighted by atomic mass is 9.93. The maximum absolute atomic E-state index is 12.4. The fourth-order valence-electron chi connectivity index (χ4n) is 3.50. The van der Waals surface area contributed by atoms with E-state index in [1.807, 2.05) is 9.80 Å². The average Bonchev–Trinajstić information content (AvgIpc) is 3.09. The standard InChI is InChI=1S/C17H24N4O2/c1-13(22)21-8-4-5-14(12-21)9-15-10-18-11-16(19-15)17(23)20-6-2-3-7-20/h10-11,14H,2-9,12H2,1H3/t14-/m1/s1. The Kier molecular flexibility index (Phi) is 4.88. The molecule has 0 N–H and O–H groups in total. The normalized spacial score (nSPS) is 21.5. The highest BCUT2D eigenvalue weighted by Crippen LogP contribution is 2.20. The Labute approximate surface area is 136 Å². The van der Waals surface area contributed by atoms with E-state index in [0.717, 1.165) is 64.0 Å². The summed E-state index contributed by atoms with van der Waals surface area (Å²) in [5.41, 5.74) is 1.30. The number of hydrogen-bond acceptors (Lipinski definition) is 4. The van der Waals surface area contributed by atoms with Crippen LogP contribution in [0.15, 0.2) is 12.4 Å². The van der Waals surface area contributed by atoms with Crippen LogP contribution in [0.3, 0.4) is 0 Å². The Morgan fingerprint density at radius 1 is 1.13 bits per heavy atom. The summed E-state index contributed by atoms with van der Waals surface area (Å²) >= 11 is 0. The smallest absolute Gasteiger partial charge is 0.274 e. The van der Waals surface area contributed by atoms with Crippen molar-refractivity contribution in [3.8, 4) is 0 Å². The number of carbonyl (C=O) groups excluding carboxylic acids is 2. The van der Waals surface area contributed by atoms with Crippen LogP contribution in [-0.4, -0.2) is 57.8 Å². The van der Waals surface area contributed by atoms with Gasteiger partial charge in [-0.05, 0) is 38.0 Å². The van der Waals surface area contributed by atoms with E-state index in [1.54, 1.807) is 19.3 Å². The second-order valence-electron chi connectivity index (χ2n) is 6.57. The zero-order chi connectivity index (χ0) is 16.2. The maximum Gasteiger partial charge on any atom is 0.274 e. The SMILES string of the molecule is CC(=O)N1CCC[C@H](Cc2cncc(C(=O)N3CCCC3)n2)C1. The predicted octanol–water partition coefficient (Wildman–Crippen LogP) is 1.51. The number of likely N-dealkylation sites (tertiary alicyclic amines) is 2. The molecule has 23 heavy (non-hydrogen) atoms. The van der Waals surface area contributed by atoms with E-state index in [2.05, 4.69) is 9.97 Å². The van der Waals surface area contributed by atoms with Crippen LogP contribution in [0.4, 0.5) is 0 Å². The van der Waals surface area contributed by atoms with Crippen LogP contribution in [-0.2, 0) is 11.2 Å². The Hall–Kier alpha value is -1.98. The van der Waals surface area contributed by atoms with Crippen LogP contribution in [0.25, 0.3) is 0 Å². The molecule has 1 aromatic rings. The molecule has 2 aliphatic rings. The van der Waals surface area contributed by atoms with Crippen molar-refractivity contribution in [2.75, 3.05) is 26.2 Å². The summed E-state index contributed by atoms with van der Waals surface area (Å²) in [5, 5.41) is 0. The zero-order valence-corrected chi connectivity index (χ0v) is 13.7. The van der Waals surface area contributed by atoms with Gasteiger partial charge in [0, 0.05) is 39.3 Å². The van der Waals surface area contributed by atoms with Gasteiger partial charge < -0.3 is 9.80 Å². The summed E-state index contributed by atoms with van der Waals surface area (Å²) in [7, 11) is 0. The lowest BCUT2D eigenvalue weighted by molar-refractivity contribution is -0.130. The molecule has 2 saturated heterocycles. The molecule has 1 atom stereocenters. The van der Waals surface area contributed by atoms with Gasteiger partial charge in [-0.1, -0.05) is 0 Å². The average molecular weight is 316 g/mol. The van der Waals surface area contributed by atoms with Gasteiger partial charge in [-0.15, -0.1) is 0 Å². The Morgan fingerprint density at radius 2 is 1.87 bits per heavy atom. The van der Waals surface area contributed by atoms with Crippen molar-refractivity contribution < 1.29 is 9.59 Å². The molecule has 6 heteroatoms. The number of amides is 2. The minimum atomic E-state index is -0.00847. The molecule has 0 saturated carbocycles. The first-order valence-electron chi connectivity index (χ1n) is 8.49. The first kappa shape index (κ1) is 15.9. The van der Waals surface area contributed by atoms with E-state index >= 15 is 0 Å². The molecule has 0 aliphatic carbocycles. The predicted molar refractivity (Wildman–Crippen MR) is 85.9 cm³/mol. The molecule has 3 heterocycles. The van der Waals surface area contributed by atoms with Crippen molar-refractivity contribution >= 4 is 11.8 Å². The van der Waals surface area contributed by atoms with Crippen LogP contribution in [0.5, 0.6) is 0 Å². The van der Waals surface area contributed by atoms with Crippen molar-refractivity contribution in [1.82, 2.24) is 19.8 Å². The molecular formula is C17H24N4O2. The molecular weight excluding hydrogens is 292 g/mol. The number of piperidine rings is 1. The summed E-state index contributed by atoms with van der Waals surface area (Å²) in [4.78, 5) is 36.4. The molecule has 2 fully saturated rings. The quantitative estimate of drug-likeness (QED) is 0.848. The topological polar surface area (TPSA) is 66.4 Å². The van der Waals surface area contributed by atoms with E-state index in [-0.39, 0.29) is 11.8 Å². The van der Waals surface area contributed by atoms with Gasteiger partial charge in [0.1, 0.15) is 5.69 Å². The van der Waals surface area contributed by atoms with Crippen molar-refractivity contribution in [3.63, 3.8) is 0 Å². The number of hydrogen-bond donors (Lipinski definition) is 0. The van der Waals surface area contributed by atoms with Gasteiger partial charge in [-0.2, -0.15) is 0 Å². The van der Waals surface area contributed by atoms with Gasteiger partial charge in [0.2, 0.25) is 5.91 Å². The fourth-order valence-corrected chi connectivity index (χ4v) is 3.50. The number of aromatic nitrogens is 2. The third-order valence-corrected chi connectivity index (χ3v) is 4.76. The maximum atomic E-state index is 12.4. The number of rotatable bonds is 3. The summed E-state index contributed by atoms with van der Waals surface area (Å²) < 4.78 is 0. The summed E-state index contributed by atoms with van der Waals surface area (Å²) in [6.07, 6.45) is 8.35. The van der Waals surface area contributed by atoms with Gasteiger partial charge in [-0.3, -0.25) is 14.6 Å². The molecule has 0 aromatic carbocycles. The minimum Gasteiger partial charge on any atom is -0.343 e. The first-order chi connectivity index (χ1) is 11.1. The molecule has 0 unspecified atom stereocenters. The van der Waals surface area contributed by atoms with Crippen molar-refractivity contribution in [1.29, 1.82) is 0 Å². The minimum absolute atomic E-state index is 0.00847. The molecule has 0 spiro atoms. The largest absolute Gasteiger partial charge is 0.343 e. The van der Waals surface area contributed by atoms with Crippen LogP contribution in [0, 0.1) is 5.92 Å². The second-order valence-corrected chi connectivity index (χ2v) is 6.57. The Balaban J connectivity index is 1.65. The van der Waals surface area contributed by atoms with E-state index in [4.69, 9.17) is 0 Å². The van der Waals surface area contributed by atoms with Crippen LogP contribution < -0.4 is 0 Å². The molecule has 3 rings (SSSR count). The Morgan fingerprint density at radius 3 is 2.61 bits per heavy atom. The third kappa shape index (κ3) is 3.86. The molecule has 2 amide bonds. The molecule has 2 aliphatic heterocycles. The third-order valence-electron chi connectivity index (χ3n) is 4.76. The van der Waals surface area contributed by atoms with E-state index < -0.39 is 0 Å². The van der Waals surface area contributed by atoms with Crippen LogP contribution in [0.2, 0.25) is 0 Å². The van der Waals surface area contributed by atoms with Crippen LogP contribution >= 0.6 is 0 Å². The molecule has 0 bridgehead atoms. The lowest BCUT2D eigenvalue weighted by Gasteiger charge is -2.31. The van der Waals surface area contributed by atoms with E-state index in [0.29, 0.717) is 11.6 Å². The fraction of sp³-hybridized carbons (Fsp3) is 0.647.